The van der Waals surface area contributed by atoms with E-state index in [2.05, 4.69) is 24.1 Å². The molecule has 1 rings (SSSR count). The molecule has 0 atom stereocenters. The summed E-state index contributed by atoms with van der Waals surface area (Å²) in [5, 5.41) is 12.9. The Morgan fingerprint density at radius 2 is 2.25 bits per heavy atom. The summed E-state index contributed by atoms with van der Waals surface area (Å²) >= 11 is 7.07. The van der Waals surface area contributed by atoms with Crippen molar-refractivity contribution < 1.29 is 0 Å². The number of unbranched alkanes of at least 4 members (excludes halogenated alkanes) is 1. The molecule has 16 heavy (non-hydrogen) atoms. The zero-order valence-electron chi connectivity index (χ0n) is 9.59. The highest BCUT2D eigenvalue weighted by atomic mass is 35.5. The molecule has 88 valence electrons. The lowest BCUT2D eigenvalue weighted by molar-refractivity contribution is 0.545. The van der Waals surface area contributed by atoms with Crippen LogP contribution < -0.4 is 5.32 Å². The number of hydrogen-bond donors (Lipinski definition) is 1. The van der Waals surface area contributed by atoms with Gasteiger partial charge in [-0.3, -0.25) is 0 Å². The van der Waals surface area contributed by atoms with Crippen molar-refractivity contribution in [1.82, 2.24) is 4.98 Å². The Morgan fingerprint density at radius 1 is 1.50 bits per heavy atom. The maximum absolute atomic E-state index is 8.71. The summed E-state index contributed by atoms with van der Waals surface area (Å²) in [6.45, 7) is 5.35. The standard InChI is InChI=1S/C11H16ClN3S/c1-8(2)5-3-4-6-14-11-15-10(12)9(7-13)16-11/h8H,3-6H2,1-2H3,(H,14,15). The molecule has 3 nitrogen and oxygen atoms in total. The number of aromatic nitrogens is 1. The van der Waals surface area contributed by atoms with Crippen molar-refractivity contribution in [3.8, 4) is 6.07 Å². The van der Waals surface area contributed by atoms with Crippen LogP contribution >= 0.6 is 22.9 Å². The minimum Gasteiger partial charge on any atom is -0.361 e. The SMILES string of the molecule is CC(C)CCCCNc1nc(Cl)c(C#N)s1. The number of hydrogen-bond acceptors (Lipinski definition) is 4. The number of thiazole rings is 1. The van der Waals surface area contributed by atoms with Gasteiger partial charge in [0, 0.05) is 6.54 Å². The number of nitrogens with one attached hydrogen (secondary N) is 1. The first-order valence-electron chi connectivity index (χ1n) is 5.43. The van der Waals surface area contributed by atoms with Crippen LogP contribution in [0.1, 0.15) is 38.0 Å². The van der Waals surface area contributed by atoms with E-state index < -0.39 is 0 Å². The fraction of sp³-hybridized carbons (Fsp3) is 0.636. The molecule has 1 aromatic rings. The maximum Gasteiger partial charge on any atom is 0.185 e. The molecule has 0 aliphatic heterocycles. The Morgan fingerprint density at radius 3 is 2.81 bits per heavy atom. The van der Waals surface area contributed by atoms with E-state index in [1.807, 2.05) is 6.07 Å². The van der Waals surface area contributed by atoms with Gasteiger partial charge in [0.05, 0.1) is 0 Å². The van der Waals surface area contributed by atoms with Gasteiger partial charge in [0.25, 0.3) is 0 Å². The second-order valence-corrected chi connectivity index (χ2v) is 5.42. The zero-order chi connectivity index (χ0) is 12.0. The molecular formula is C11H16ClN3S. The molecular weight excluding hydrogens is 242 g/mol. The van der Waals surface area contributed by atoms with Gasteiger partial charge in [-0.15, -0.1) is 0 Å². The van der Waals surface area contributed by atoms with Crippen LogP contribution in [0.2, 0.25) is 5.15 Å². The minimum atomic E-state index is 0.303. The molecule has 0 saturated heterocycles. The highest BCUT2D eigenvalue weighted by Gasteiger charge is 2.07. The molecule has 0 spiro atoms. The summed E-state index contributed by atoms with van der Waals surface area (Å²) in [7, 11) is 0. The molecule has 0 unspecified atom stereocenters. The van der Waals surface area contributed by atoms with Crippen LogP contribution in [0, 0.1) is 17.2 Å². The predicted molar refractivity (Wildman–Crippen MR) is 69.0 cm³/mol. The monoisotopic (exact) mass is 257 g/mol. The number of rotatable bonds is 6. The van der Waals surface area contributed by atoms with E-state index in [-0.39, 0.29) is 0 Å². The fourth-order valence-corrected chi connectivity index (χ4v) is 2.29. The van der Waals surface area contributed by atoms with Crippen LogP contribution in [-0.2, 0) is 0 Å². The van der Waals surface area contributed by atoms with E-state index in [1.165, 1.54) is 24.2 Å². The molecule has 0 bridgehead atoms. The van der Waals surface area contributed by atoms with Crippen molar-refractivity contribution in [1.29, 1.82) is 5.26 Å². The van der Waals surface area contributed by atoms with Crippen molar-refractivity contribution in [3.63, 3.8) is 0 Å². The topological polar surface area (TPSA) is 48.7 Å². The van der Waals surface area contributed by atoms with E-state index in [9.17, 15) is 0 Å². The van der Waals surface area contributed by atoms with Gasteiger partial charge in [-0.05, 0) is 12.3 Å². The molecule has 1 N–H and O–H groups in total. The number of halogens is 1. The summed E-state index contributed by atoms with van der Waals surface area (Å²) in [5.74, 6) is 0.763. The van der Waals surface area contributed by atoms with E-state index >= 15 is 0 Å². The average molecular weight is 258 g/mol. The lowest BCUT2D eigenvalue weighted by Gasteiger charge is -2.04. The van der Waals surface area contributed by atoms with Crippen molar-refractivity contribution in [3.05, 3.63) is 10.0 Å². The molecule has 0 fully saturated rings. The molecule has 5 heteroatoms. The highest BCUT2D eigenvalue weighted by Crippen LogP contribution is 2.25. The first-order valence-corrected chi connectivity index (χ1v) is 6.63. The lowest BCUT2D eigenvalue weighted by Crippen LogP contribution is -2.01. The van der Waals surface area contributed by atoms with Gasteiger partial charge in [-0.2, -0.15) is 5.26 Å². The van der Waals surface area contributed by atoms with Crippen LogP contribution in [0.25, 0.3) is 0 Å². The number of anilines is 1. The highest BCUT2D eigenvalue weighted by molar-refractivity contribution is 7.16. The van der Waals surface area contributed by atoms with E-state index in [0.29, 0.717) is 10.0 Å². The van der Waals surface area contributed by atoms with E-state index in [0.717, 1.165) is 24.0 Å². The van der Waals surface area contributed by atoms with Crippen molar-refractivity contribution in [2.24, 2.45) is 5.92 Å². The smallest absolute Gasteiger partial charge is 0.185 e. The molecule has 0 aliphatic rings. The van der Waals surface area contributed by atoms with Crippen LogP contribution in [-0.4, -0.2) is 11.5 Å². The Balaban J connectivity index is 2.25. The number of nitrogens with zero attached hydrogens (tertiary/aromatic N) is 2. The van der Waals surface area contributed by atoms with Crippen molar-refractivity contribution >= 4 is 28.1 Å². The zero-order valence-corrected chi connectivity index (χ0v) is 11.2. The van der Waals surface area contributed by atoms with Crippen LogP contribution in [0.3, 0.4) is 0 Å². The molecule has 0 aromatic carbocycles. The quantitative estimate of drug-likeness (QED) is 0.786. The normalized spacial score (nSPS) is 10.4. The summed E-state index contributed by atoms with van der Waals surface area (Å²) in [4.78, 5) is 4.54. The summed E-state index contributed by atoms with van der Waals surface area (Å²) < 4.78 is 0. The van der Waals surface area contributed by atoms with Crippen molar-refractivity contribution in [2.75, 3.05) is 11.9 Å². The second-order valence-electron chi connectivity index (χ2n) is 4.07. The Kier molecular flexibility index (Phi) is 5.58. The molecule has 0 aliphatic carbocycles. The summed E-state index contributed by atoms with van der Waals surface area (Å²) in [5.41, 5.74) is 0. The Hall–Kier alpha value is -0.790. The van der Waals surface area contributed by atoms with Gasteiger partial charge in [0.1, 0.15) is 10.9 Å². The lowest BCUT2D eigenvalue weighted by atomic mass is 10.1. The minimum absolute atomic E-state index is 0.303. The second kappa shape index (κ2) is 6.72. The third kappa shape index (κ3) is 4.38. The molecule has 0 saturated carbocycles. The van der Waals surface area contributed by atoms with Crippen LogP contribution in [0.4, 0.5) is 5.13 Å². The fourth-order valence-electron chi connectivity index (χ4n) is 1.32. The Labute approximate surface area is 105 Å². The first-order chi connectivity index (χ1) is 7.63. The van der Waals surface area contributed by atoms with Crippen LogP contribution in [0.15, 0.2) is 0 Å². The largest absolute Gasteiger partial charge is 0.361 e. The van der Waals surface area contributed by atoms with Gasteiger partial charge < -0.3 is 5.32 Å². The molecule has 0 radical (unpaired) electrons. The predicted octanol–water partition coefficient (Wildman–Crippen LogP) is 3.91. The van der Waals surface area contributed by atoms with Gasteiger partial charge >= 0.3 is 0 Å². The van der Waals surface area contributed by atoms with Gasteiger partial charge in [-0.25, -0.2) is 4.98 Å². The molecule has 1 aromatic heterocycles. The Bertz CT molecular complexity index is 368. The third-order valence-electron chi connectivity index (χ3n) is 2.17. The first kappa shape index (κ1) is 13.3. The average Bonchev–Trinajstić information content (AvgIpc) is 2.58. The third-order valence-corrected chi connectivity index (χ3v) is 3.48. The van der Waals surface area contributed by atoms with Crippen molar-refractivity contribution in [2.45, 2.75) is 33.1 Å². The van der Waals surface area contributed by atoms with Gasteiger partial charge in [-0.1, -0.05) is 49.6 Å². The summed E-state index contributed by atoms with van der Waals surface area (Å²) in [6.07, 6.45) is 3.59. The number of nitriles is 1. The summed E-state index contributed by atoms with van der Waals surface area (Å²) in [6, 6.07) is 2.02. The molecule has 0 amide bonds. The van der Waals surface area contributed by atoms with E-state index in [1.54, 1.807) is 0 Å². The van der Waals surface area contributed by atoms with Gasteiger partial charge in [0.15, 0.2) is 10.3 Å². The maximum atomic E-state index is 8.71. The van der Waals surface area contributed by atoms with Crippen LogP contribution in [0.5, 0.6) is 0 Å². The van der Waals surface area contributed by atoms with E-state index in [4.69, 9.17) is 16.9 Å². The molecule has 1 heterocycles. The van der Waals surface area contributed by atoms with Gasteiger partial charge in [0.2, 0.25) is 0 Å².